The summed E-state index contributed by atoms with van der Waals surface area (Å²) in [5, 5.41) is 0. The normalized spacial score (nSPS) is 12.7. The van der Waals surface area contributed by atoms with Crippen molar-refractivity contribution in [2.75, 3.05) is 0 Å². The van der Waals surface area contributed by atoms with Crippen LogP contribution in [-0.4, -0.2) is 9.97 Å². The molecular weight excluding hydrogens is 206 g/mol. The molecule has 0 radical (unpaired) electrons. The minimum atomic E-state index is -0.108. The topological polar surface area (TPSA) is 51.8 Å². The highest BCUT2D eigenvalue weighted by Gasteiger charge is 2.12. The molecule has 0 aromatic carbocycles. The van der Waals surface area contributed by atoms with Gasteiger partial charge in [-0.1, -0.05) is 0 Å². The van der Waals surface area contributed by atoms with Crippen molar-refractivity contribution in [3.8, 4) is 0 Å². The quantitative estimate of drug-likeness (QED) is 0.842. The fraction of sp³-hybridized carbons (Fsp3) is 0.273. The molecule has 2 N–H and O–H groups in total. The Bertz CT molecular complexity index is 431. The van der Waals surface area contributed by atoms with Crippen molar-refractivity contribution in [1.82, 2.24) is 9.97 Å². The van der Waals surface area contributed by atoms with Gasteiger partial charge in [0.1, 0.15) is 6.33 Å². The number of aromatic nitrogens is 2. The zero-order valence-corrected chi connectivity index (χ0v) is 9.58. The molecular formula is C11H13N3S. The van der Waals surface area contributed by atoms with Gasteiger partial charge in [-0.3, -0.25) is 0 Å². The fourth-order valence-electron chi connectivity index (χ4n) is 1.39. The van der Waals surface area contributed by atoms with Crippen molar-refractivity contribution >= 4 is 11.3 Å². The zero-order chi connectivity index (χ0) is 10.8. The van der Waals surface area contributed by atoms with E-state index in [1.54, 1.807) is 23.7 Å². The maximum atomic E-state index is 6.13. The Hall–Kier alpha value is -1.26. The summed E-state index contributed by atoms with van der Waals surface area (Å²) >= 11 is 1.74. The third-order valence-electron chi connectivity index (χ3n) is 2.43. The van der Waals surface area contributed by atoms with Crippen molar-refractivity contribution in [3.05, 3.63) is 45.7 Å². The molecule has 1 unspecified atom stereocenters. The van der Waals surface area contributed by atoms with Crippen LogP contribution < -0.4 is 5.73 Å². The van der Waals surface area contributed by atoms with E-state index in [1.807, 2.05) is 0 Å². The summed E-state index contributed by atoms with van der Waals surface area (Å²) < 4.78 is 0. The smallest absolute Gasteiger partial charge is 0.115 e. The first-order valence-electron chi connectivity index (χ1n) is 4.76. The molecule has 3 nitrogen and oxygen atoms in total. The second-order valence-electron chi connectivity index (χ2n) is 3.54. The van der Waals surface area contributed by atoms with Gasteiger partial charge >= 0.3 is 0 Å². The monoisotopic (exact) mass is 219 g/mol. The zero-order valence-electron chi connectivity index (χ0n) is 8.77. The highest BCUT2D eigenvalue weighted by Crippen LogP contribution is 2.28. The van der Waals surface area contributed by atoms with E-state index in [9.17, 15) is 0 Å². The lowest BCUT2D eigenvalue weighted by molar-refractivity contribution is 0.869. The van der Waals surface area contributed by atoms with Crippen LogP contribution in [0.15, 0.2) is 24.8 Å². The number of nitrogens with two attached hydrogens (primary N) is 1. The Morgan fingerprint density at radius 3 is 2.47 bits per heavy atom. The van der Waals surface area contributed by atoms with Crippen LogP contribution in [0.25, 0.3) is 0 Å². The molecule has 2 aromatic rings. The van der Waals surface area contributed by atoms with Crippen molar-refractivity contribution in [2.24, 2.45) is 5.73 Å². The van der Waals surface area contributed by atoms with Gasteiger partial charge in [0.2, 0.25) is 0 Å². The number of nitrogens with zero attached hydrogens (tertiary/aromatic N) is 2. The van der Waals surface area contributed by atoms with Crippen molar-refractivity contribution in [2.45, 2.75) is 19.9 Å². The van der Waals surface area contributed by atoms with Gasteiger partial charge in [0.25, 0.3) is 0 Å². The van der Waals surface area contributed by atoms with Gasteiger partial charge in [0.05, 0.1) is 6.04 Å². The Labute approximate surface area is 93.0 Å². The predicted octanol–water partition coefficient (Wildman–Crippen LogP) is 2.20. The molecule has 0 aliphatic rings. The third-order valence-corrected chi connectivity index (χ3v) is 3.67. The highest BCUT2D eigenvalue weighted by atomic mass is 32.1. The lowest BCUT2D eigenvalue weighted by Gasteiger charge is -2.07. The molecule has 4 heteroatoms. The summed E-state index contributed by atoms with van der Waals surface area (Å²) in [5.41, 5.74) is 8.38. The molecule has 0 saturated heterocycles. The summed E-state index contributed by atoms with van der Waals surface area (Å²) in [6.07, 6.45) is 5.05. The molecule has 0 saturated carbocycles. The molecule has 0 aliphatic carbocycles. The molecule has 2 aromatic heterocycles. The molecule has 78 valence electrons. The second-order valence-corrected chi connectivity index (χ2v) is 4.83. The average molecular weight is 219 g/mol. The number of thiophene rings is 1. The van der Waals surface area contributed by atoms with Gasteiger partial charge in [-0.25, -0.2) is 9.97 Å². The van der Waals surface area contributed by atoms with Gasteiger partial charge in [-0.15, -0.1) is 11.3 Å². The van der Waals surface area contributed by atoms with E-state index in [-0.39, 0.29) is 6.04 Å². The summed E-state index contributed by atoms with van der Waals surface area (Å²) in [6.45, 7) is 4.21. The minimum Gasteiger partial charge on any atom is -0.320 e. The molecule has 0 fully saturated rings. The summed E-state index contributed by atoms with van der Waals surface area (Å²) in [6, 6.07) is 2.03. The van der Waals surface area contributed by atoms with Gasteiger partial charge < -0.3 is 5.73 Å². The van der Waals surface area contributed by atoms with Gasteiger partial charge in [0.15, 0.2) is 0 Å². The summed E-state index contributed by atoms with van der Waals surface area (Å²) in [7, 11) is 0. The predicted molar refractivity (Wildman–Crippen MR) is 61.9 cm³/mol. The van der Waals surface area contributed by atoms with Gasteiger partial charge in [-0.05, 0) is 25.5 Å². The fourth-order valence-corrected chi connectivity index (χ4v) is 2.46. The highest BCUT2D eigenvalue weighted by molar-refractivity contribution is 7.12. The Kier molecular flexibility index (Phi) is 2.79. The van der Waals surface area contributed by atoms with E-state index < -0.39 is 0 Å². The van der Waals surface area contributed by atoms with Crippen LogP contribution in [-0.2, 0) is 0 Å². The first-order chi connectivity index (χ1) is 7.18. The maximum absolute atomic E-state index is 6.13. The Morgan fingerprint density at radius 2 is 1.93 bits per heavy atom. The third kappa shape index (κ3) is 2.06. The van der Waals surface area contributed by atoms with E-state index in [4.69, 9.17) is 5.73 Å². The Morgan fingerprint density at radius 1 is 1.27 bits per heavy atom. The molecule has 0 spiro atoms. The average Bonchev–Trinajstić information content (AvgIpc) is 2.59. The molecule has 1 atom stereocenters. The van der Waals surface area contributed by atoms with Crippen LogP contribution in [0.1, 0.15) is 26.9 Å². The number of hydrogen-bond acceptors (Lipinski definition) is 4. The van der Waals surface area contributed by atoms with E-state index >= 15 is 0 Å². The van der Waals surface area contributed by atoms with Crippen LogP contribution in [0.3, 0.4) is 0 Å². The van der Waals surface area contributed by atoms with Crippen LogP contribution in [0.2, 0.25) is 0 Å². The van der Waals surface area contributed by atoms with E-state index in [1.165, 1.54) is 21.6 Å². The summed E-state index contributed by atoms with van der Waals surface area (Å²) in [5.74, 6) is 0. The Balaban J connectivity index is 2.32. The van der Waals surface area contributed by atoms with Crippen LogP contribution in [0.5, 0.6) is 0 Å². The molecule has 0 aliphatic heterocycles. The van der Waals surface area contributed by atoms with Crippen LogP contribution in [0, 0.1) is 13.8 Å². The lowest BCUT2D eigenvalue weighted by atomic mass is 10.1. The van der Waals surface area contributed by atoms with E-state index in [2.05, 4.69) is 29.9 Å². The summed E-state index contributed by atoms with van der Waals surface area (Å²) in [4.78, 5) is 10.4. The number of hydrogen-bond donors (Lipinski definition) is 1. The van der Waals surface area contributed by atoms with Crippen molar-refractivity contribution in [3.63, 3.8) is 0 Å². The molecule has 0 bridgehead atoms. The van der Waals surface area contributed by atoms with E-state index in [0.717, 1.165) is 5.56 Å². The van der Waals surface area contributed by atoms with Crippen molar-refractivity contribution in [1.29, 1.82) is 0 Å². The largest absolute Gasteiger partial charge is 0.320 e. The van der Waals surface area contributed by atoms with E-state index in [0.29, 0.717) is 0 Å². The second kappa shape index (κ2) is 4.08. The first-order valence-corrected chi connectivity index (χ1v) is 5.57. The van der Waals surface area contributed by atoms with Gasteiger partial charge in [0, 0.05) is 27.7 Å². The standard InChI is InChI=1S/C11H13N3S/c1-7-3-10(15-8(7)2)11(12)9-4-13-6-14-5-9/h3-6,11H,12H2,1-2H3. The molecule has 0 amide bonds. The molecule has 2 heterocycles. The molecule has 15 heavy (non-hydrogen) atoms. The molecule has 2 rings (SSSR count). The SMILES string of the molecule is Cc1cc(C(N)c2cncnc2)sc1C. The lowest BCUT2D eigenvalue weighted by Crippen LogP contribution is -2.10. The van der Waals surface area contributed by atoms with Crippen LogP contribution in [0.4, 0.5) is 0 Å². The maximum Gasteiger partial charge on any atom is 0.115 e. The first kappa shape index (κ1) is 10.3. The van der Waals surface area contributed by atoms with Crippen molar-refractivity contribution < 1.29 is 0 Å². The number of aryl methyl sites for hydroxylation is 2. The minimum absolute atomic E-state index is 0.108. The number of rotatable bonds is 2. The van der Waals surface area contributed by atoms with Crippen LogP contribution >= 0.6 is 11.3 Å². The van der Waals surface area contributed by atoms with Gasteiger partial charge in [-0.2, -0.15) is 0 Å².